The Morgan fingerprint density at radius 3 is 2.41 bits per heavy atom. The standard InChI is InChI=1S/C18H29NO2S/c1-3-5-7-9-11-16(10-8-6-4-2)17-12-14-18(15-13-17)22-21-20-19/h3,12-16H,1,4-11,19H2,2H3. The molecule has 0 spiro atoms. The first-order valence-corrected chi connectivity index (χ1v) is 8.96. The van der Waals surface area contributed by atoms with Crippen LogP contribution in [0.3, 0.4) is 0 Å². The molecule has 2 N–H and O–H groups in total. The van der Waals surface area contributed by atoms with Gasteiger partial charge in [0.05, 0.1) is 12.0 Å². The van der Waals surface area contributed by atoms with Crippen LogP contribution in [0.5, 0.6) is 0 Å². The number of nitrogens with two attached hydrogens (primary N) is 1. The van der Waals surface area contributed by atoms with E-state index >= 15 is 0 Å². The number of hydrogen-bond donors (Lipinski definition) is 1. The third-order valence-electron chi connectivity index (χ3n) is 3.89. The maximum atomic E-state index is 4.85. The summed E-state index contributed by atoms with van der Waals surface area (Å²) in [5.41, 5.74) is 1.42. The van der Waals surface area contributed by atoms with Crippen LogP contribution in [0.1, 0.15) is 69.8 Å². The lowest BCUT2D eigenvalue weighted by Gasteiger charge is -2.17. The van der Waals surface area contributed by atoms with Gasteiger partial charge < -0.3 is 0 Å². The van der Waals surface area contributed by atoms with Crippen molar-refractivity contribution in [2.24, 2.45) is 5.90 Å². The number of benzene rings is 1. The Balaban J connectivity index is 2.56. The van der Waals surface area contributed by atoms with Gasteiger partial charge >= 0.3 is 0 Å². The van der Waals surface area contributed by atoms with Gasteiger partial charge in [-0.25, -0.2) is 0 Å². The molecule has 3 nitrogen and oxygen atoms in total. The van der Waals surface area contributed by atoms with E-state index in [9.17, 15) is 0 Å². The Labute approximate surface area is 139 Å². The summed E-state index contributed by atoms with van der Waals surface area (Å²) in [4.78, 5) is 5.11. The third kappa shape index (κ3) is 7.99. The topological polar surface area (TPSA) is 44.5 Å². The molecule has 22 heavy (non-hydrogen) atoms. The van der Waals surface area contributed by atoms with E-state index in [2.05, 4.69) is 47.1 Å². The normalized spacial score (nSPS) is 12.3. The Hall–Kier alpha value is -0.810. The van der Waals surface area contributed by atoms with Crippen molar-refractivity contribution >= 4 is 12.0 Å². The van der Waals surface area contributed by atoms with Gasteiger partial charge in [-0.05, 0) is 49.3 Å². The molecular formula is C18H29NO2S. The Kier molecular flexibility index (Phi) is 11.1. The quantitative estimate of drug-likeness (QED) is 0.161. The summed E-state index contributed by atoms with van der Waals surface area (Å²) in [6.45, 7) is 6.05. The molecule has 1 aromatic rings. The summed E-state index contributed by atoms with van der Waals surface area (Å²) in [6.07, 6.45) is 12.1. The molecular weight excluding hydrogens is 294 g/mol. The fourth-order valence-electron chi connectivity index (χ4n) is 2.65. The van der Waals surface area contributed by atoms with Crippen molar-refractivity contribution in [2.45, 2.75) is 69.1 Å². The summed E-state index contributed by atoms with van der Waals surface area (Å²) in [5.74, 6) is 5.51. The number of rotatable bonds is 13. The molecule has 0 aliphatic carbocycles. The van der Waals surface area contributed by atoms with Gasteiger partial charge in [0.15, 0.2) is 0 Å². The molecule has 0 aromatic heterocycles. The van der Waals surface area contributed by atoms with Gasteiger partial charge in [0.25, 0.3) is 0 Å². The average molecular weight is 324 g/mol. The predicted octanol–water partition coefficient (Wildman–Crippen LogP) is 5.93. The van der Waals surface area contributed by atoms with Crippen molar-refractivity contribution in [3.05, 3.63) is 42.5 Å². The summed E-state index contributed by atoms with van der Waals surface area (Å²) >= 11 is 1.13. The molecule has 0 saturated heterocycles. The van der Waals surface area contributed by atoms with E-state index in [1.807, 2.05) is 6.08 Å². The van der Waals surface area contributed by atoms with E-state index in [0.29, 0.717) is 5.92 Å². The molecule has 1 atom stereocenters. The fourth-order valence-corrected chi connectivity index (χ4v) is 3.02. The SMILES string of the molecule is C=CCCCCC(CCCCC)c1ccc(SOON)cc1. The van der Waals surface area contributed by atoms with E-state index in [-0.39, 0.29) is 0 Å². The highest BCUT2D eigenvalue weighted by atomic mass is 32.2. The summed E-state index contributed by atoms with van der Waals surface area (Å²) in [7, 11) is 0. The van der Waals surface area contributed by atoms with Crippen LogP contribution in [0.2, 0.25) is 0 Å². The second kappa shape index (κ2) is 12.7. The minimum Gasteiger partial charge on any atom is -0.182 e. The Bertz CT molecular complexity index is 395. The molecule has 0 amide bonds. The zero-order chi connectivity index (χ0) is 16.0. The molecule has 1 unspecified atom stereocenters. The number of allylic oxidation sites excluding steroid dienone is 1. The van der Waals surface area contributed by atoms with Crippen molar-refractivity contribution in [1.82, 2.24) is 0 Å². The fraction of sp³-hybridized carbons (Fsp3) is 0.556. The highest BCUT2D eigenvalue weighted by Crippen LogP contribution is 2.30. The van der Waals surface area contributed by atoms with Crippen LogP contribution in [0.4, 0.5) is 0 Å². The molecule has 0 heterocycles. The van der Waals surface area contributed by atoms with Crippen LogP contribution in [0.25, 0.3) is 0 Å². The molecule has 0 fully saturated rings. The highest BCUT2D eigenvalue weighted by molar-refractivity contribution is 7.94. The summed E-state index contributed by atoms with van der Waals surface area (Å²) in [6, 6.07) is 8.53. The molecule has 1 aromatic carbocycles. The average Bonchev–Trinajstić information content (AvgIpc) is 2.56. The molecule has 0 radical (unpaired) electrons. The molecule has 0 aliphatic rings. The Morgan fingerprint density at radius 2 is 1.82 bits per heavy atom. The van der Waals surface area contributed by atoms with E-state index in [4.69, 9.17) is 5.90 Å². The monoisotopic (exact) mass is 323 g/mol. The zero-order valence-electron chi connectivity index (χ0n) is 13.6. The molecule has 0 bridgehead atoms. The van der Waals surface area contributed by atoms with Crippen LogP contribution in [0, 0.1) is 0 Å². The third-order valence-corrected chi connectivity index (χ3v) is 4.50. The van der Waals surface area contributed by atoms with Gasteiger partial charge in [-0.3, -0.25) is 0 Å². The van der Waals surface area contributed by atoms with E-state index < -0.39 is 0 Å². The van der Waals surface area contributed by atoms with Crippen molar-refractivity contribution in [3.8, 4) is 0 Å². The Morgan fingerprint density at radius 1 is 1.14 bits per heavy atom. The van der Waals surface area contributed by atoms with E-state index in [1.54, 1.807) is 0 Å². The van der Waals surface area contributed by atoms with Crippen molar-refractivity contribution < 1.29 is 9.32 Å². The maximum Gasteiger partial charge on any atom is 0.0702 e. The van der Waals surface area contributed by atoms with Crippen LogP contribution >= 0.6 is 12.0 Å². The van der Waals surface area contributed by atoms with Gasteiger partial charge in [-0.2, -0.15) is 5.90 Å². The first kappa shape index (κ1) is 19.2. The molecule has 1 rings (SSSR count). The minimum absolute atomic E-state index is 0.655. The summed E-state index contributed by atoms with van der Waals surface area (Å²) < 4.78 is 4.68. The molecule has 0 aliphatic heterocycles. The van der Waals surface area contributed by atoms with Crippen LogP contribution in [0.15, 0.2) is 41.8 Å². The lowest BCUT2D eigenvalue weighted by atomic mass is 9.88. The van der Waals surface area contributed by atoms with Gasteiger partial charge in [0.2, 0.25) is 0 Å². The maximum absolute atomic E-state index is 4.85. The smallest absolute Gasteiger partial charge is 0.0702 e. The largest absolute Gasteiger partial charge is 0.182 e. The van der Waals surface area contributed by atoms with Gasteiger partial charge in [0.1, 0.15) is 0 Å². The molecule has 4 heteroatoms. The zero-order valence-corrected chi connectivity index (χ0v) is 14.4. The minimum atomic E-state index is 0.655. The summed E-state index contributed by atoms with van der Waals surface area (Å²) in [5, 5.41) is 0. The van der Waals surface area contributed by atoms with Gasteiger partial charge in [-0.1, -0.05) is 50.8 Å². The first-order valence-electron chi connectivity index (χ1n) is 8.22. The molecule has 124 valence electrons. The highest BCUT2D eigenvalue weighted by Gasteiger charge is 2.11. The predicted molar refractivity (Wildman–Crippen MR) is 94.2 cm³/mol. The van der Waals surface area contributed by atoms with Crippen molar-refractivity contribution in [2.75, 3.05) is 0 Å². The molecule has 0 saturated carbocycles. The van der Waals surface area contributed by atoms with Crippen molar-refractivity contribution in [1.29, 1.82) is 0 Å². The van der Waals surface area contributed by atoms with E-state index in [0.717, 1.165) is 23.4 Å². The van der Waals surface area contributed by atoms with Crippen LogP contribution in [-0.4, -0.2) is 0 Å². The second-order valence-electron chi connectivity index (χ2n) is 5.58. The lowest BCUT2D eigenvalue weighted by molar-refractivity contribution is -0.195. The number of unbranched alkanes of at least 4 members (excludes halogenated alkanes) is 4. The van der Waals surface area contributed by atoms with E-state index in [1.165, 1.54) is 50.5 Å². The first-order chi connectivity index (χ1) is 10.8. The second-order valence-corrected chi connectivity index (χ2v) is 6.36. The lowest BCUT2D eigenvalue weighted by Crippen LogP contribution is -2.00. The van der Waals surface area contributed by atoms with Crippen LogP contribution < -0.4 is 5.90 Å². The number of hydrogen-bond acceptors (Lipinski definition) is 4. The van der Waals surface area contributed by atoms with Gasteiger partial charge in [-0.15, -0.1) is 15.9 Å². The van der Waals surface area contributed by atoms with Crippen LogP contribution in [-0.2, 0) is 9.32 Å². The van der Waals surface area contributed by atoms with Crippen molar-refractivity contribution in [3.63, 3.8) is 0 Å². The van der Waals surface area contributed by atoms with Gasteiger partial charge in [0, 0.05) is 4.90 Å².